The minimum absolute atomic E-state index is 0.0764. The van der Waals surface area contributed by atoms with Crippen LogP contribution in [0, 0.1) is 40.4 Å². The molecular formula is C25H39N3O3. The molecular weight excluding hydrogens is 390 g/mol. The van der Waals surface area contributed by atoms with E-state index in [2.05, 4.69) is 24.0 Å². The molecule has 1 N–H and O–H groups in total. The van der Waals surface area contributed by atoms with Gasteiger partial charge in [0.25, 0.3) is 0 Å². The minimum Gasteiger partial charge on any atom is -0.390 e. The topological polar surface area (TPSA) is 77.2 Å². The lowest BCUT2D eigenvalue weighted by Gasteiger charge is -2.63. The van der Waals surface area contributed by atoms with Crippen LogP contribution in [-0.2, 0) is 16.1 Å². The Kier molecular flexibility index (Phi) is 5.13. The lowest BCUT2D eigenvalue weighted by Crippen LogP contribution is -2.60. The number of nitrogens with zero attached hydrogens (tertiary/aromatic N) is 3. The summed E-state index contributed by atoms with van der Waals surface area (Å²) in [5, 5.41) is 19.1. The summed E-state index contributed by atoms with van der Waals surface area (Å²) in [5.74, 6) is 2.73. The summed E-state index contributed by atoms with van der Waals surface area (Å²) in [6, 6.07) is 0. The number of aromatic nitrogens is 3. The van der Waals surface area contributed by atoms with E-state index in [4.69, 9.17) is 4.74 Å². The molecule has 0 spiro atoms. The molecule has 4 fully saturated rings. The molecule has 172 valence electrons. The number of rotatable bonds is 4. The van der Waals surface area contributed by atoms with Crippen molar-refractivity contribution in [2.45, 2.75) is 90.4 Å². The zero-order valence-corrected chi connectivity index (χ0v) is 19.6. The molecule has 9 atom stereocenters. The van der Waals surface area contributed by atoms with Gasteiger partial charge < -0.3 is 9.84 Å². The number of hydrogen-bond acceptors (Lipinski definition) is 5. The van der Waals surface area contributed by atoms with Gasteiger partial charge in [0.05, 0.1) is 24.1 Å². The SMILES string of the molecule is CO[C@@H]1C[C@@H]2[C@H](CC[C@]3(C)[C@@H](C(=O)Cn4nccn4)CC[C@@H]23)[C@@]2(C)CC[C@@](C)(O)C[C@@H]12. The Balaban J connectivity index is 1.40. The van der Waals surface area contributed by atoms with E-state index in [1.165, 1.54) is 11.2 Å². The molecule has 0 amide bonds. The van der Waals surface area contributed by atoms with Gasteiger partial charge in [0.15, 0.2) is 5.78 Å². The fourth-order valence-electron chi connectivity index (χ4n) is 8.78. The highest BCUT2D eigenvalue weighted by atomic mass is 16.5. The monoisotopic (exact) mass is 429 g/mol. The smallest absolute Gasteiger partial charge is 0.159 e. The maximum absolute atomic E-state index is 13.3. The van der Waals surface area contributed by atoms with Crippen LogP contribution in [0.15, 0.2) is 12.4 Å². The molecule has 5 rings (SSSR count). The van der Waals surface area contributed by atoms with E-state index in [0.29, 0.717) is 36.0 Å². The summed E-state index contributed by atoms with van der Waals surface area (Å²) in [4.78, 5) is 14.8. The molecule has 1 heterocycles. The molecule has 0 bridgehead atoms. The van der Waals surface area contributed by atoms with E-state index >= 15 is 0 Å². The number of carbonyl (C=O) groups excluding carboxylic acids is 1. The second kappa shape index (κ2) is 7.38. The van der Waals surface area contributed by atoms with Crippen LogP contribution in [0.4, 0.5) is 0 Å². The predicted molar refractivity (Wildman–Crippen MR) is 117 cm³/mol. The van der Waals surface area contributed by atoms with Crippen molar-refractivity contribution in [3.8, 4) is 0 Å². The summed E-state index contributed by atoms with van der Waals surface area (Å²) >= 11 is 0. The van der Waals surface area contributed by atoms with Crippen molar-refractivity contribution in [2.75, 3.05) is 7.11 Å². The number of hydrogen-bond donors (Lipinski definition) is 1. The first-order valence-corrected chi connectivity index (χ1v) is 12.3. The van der Waals surface area contributed by atoms with E-state index in [0.717, 1.165) is 44.9 Å². The Hall–Kier alpha value is -1.27. The Morgan fingerprint density at radius 2 is 1.74 bits per heavy atom. The summed E-state index contributed by atoms with van der Waals surface area (Å²) in [6.07, 6.45) is 11.9. The van der Waals surface area contributed by atoms with Gasteiger partial charge >= 0.3 is 0 Å². The molecule has 0 saturated heterocycles. The lowest BCUT2D eigenvalue weighted by atomic mass is 9.43. The van der Waals surface area contributed by atoms with Crippen molar-refractivity contribution < 1.29 is 14.6 Å². The van der Waals surface area contributed by atoms with Crippen molar-refractivity contribution in [3.05, 3.63) is 12.4 Å². The van der Waals surface area contributed by atoms with Gasteiger partial charge in [-0.3, -0.25) is 4.79 Å². The average Bonchev–Trinajstić information content (AvgIpc) is 3.35. The van der Waals surface area contributed by atoms with Gasteiger partial charge in [-0.15, -0.1) is 0 Å². The Morgan fingerprint density at radius 3 is 2.45 bits per heavy atom. The third-order valence-corrected chi connectivity index (χ3v) is 10.4. The van der Waals surface area contributed by atoms with Gasteiger partial charge in [-0.05, 0) is 92.8 Å². The van der Waals surface area contributed by atoms with E-state index in [1.54, 1.807) is 12.4 Å². The number of Topliss-reactive ketones (excluding diaryl/α,β-unsaturated/α-hetero) is 1. The van der Waals surface area contributed by atoms with Gasteiger partial charge in [0, 0.05) is 13.0 Å². The van der Waals surface area contributed by atoms with E-state index in [9.17, 15) is 9.90 Å². The number of carbonyl (C=O) groups is 1. The summed E-state index contributed by atoms with van der Waals surface area (Å²) < 4.78 is 6.10. The van der Waals surface area contributed by atoms with Crippen LogP contribution >= 0.6 is 0 Å². The Morgan fingerprint density at radius 1 is 1.03 bits per heavy atom. The van der Waals surface area contributed by atoms with Crippen LogP contribution < -0.4 is 0 Å². The molecule has 4 aliphatic carbocycles. The first kappa shape index (κ1) is 21.6. The van der Waals surface area contributed by atoms with Crippen LogP contribution in [0.3, 0.4) is 0 Å². The van der Waals surface area contributed by atoms with E-state index < -0.39 is 5.60 Å². The maximum Gasteiger partial charge on any atom is 0.159 e. The number of ketones is 1. The van der Waals surface area contributed by atoms with E-state index in [-0.39, 0.29) is 22.9 Å². The third-order valence-electron chi connectivity index (χ3n) is 10.4. The molecule has 0 aliphatic heterocycles. The van der Waals surface area contributed by atoms with Crippen LogP contribution in [0.5, 0.6) is 0 Å². The Bertz CT molecular complexity index is 824. The third kappa shape index (κ3) is 3.31. The van der Waals surface area contributed by atoms with Crippen LogP contribution in [0.2, 0.25) is 0 Å². The fraction of sp³-hybridized carbons (Fsp3) is 0.880. The molecule has 6 heteroatoms. The van der Waals surface area contributed by atoms with Crippen molar-refractivity contribution in [3.63, 3.8) is 0 Å². The first-order valence-electron chi connectivity index (χ1n) is 12.3. The number of methoxy groups -OCH3 is 1. The van der Waals surface area contributed by atoms with Crippen molar-refractivity contribution in [2.24, 2.45) is 40.4 Å². The highest BCUT2D eigenvalue weighted by Gasteiger charge is 2.63. The molecule has 1 aromatic rings. The van der Waals surface area contributed by atoms with Gasteiger partial charge in [0.1, 0.15) is 6.54 Å². The highest BCUT2D eigenvalue weighted by molar-refractivity contribution is 5.82. The fourth-order valence-corrected chi connectivity index (χ4v) is 8.78. The normalized spacial score (nSPS) is 49.2. The molecule has 0 radical (unpaired) electrons. The second-order valence-corrected chi connectivity index (χ2v) is 11.9. The molecule has 6 nitrogen and oxygen atoms in total. The summed E-state index contributed by atoms with van der Waals surface area (Å²) in [7, 11) is 1.86. The van der Waals surface area contributed by atoms with Gasteiger partial charge in [-0.25, -0.2) is 0 Å². The Labute approximate surface area is 186 Å². The lowest BCUT2D eigenvalue weighted by molar-refractivity contribution is -0.192. The molecule has 0 unspecified atom stereocenters. The van der Waals surface area contributed by atoms with Gasteiger partial charge in [0.2, 0.25) is 0 Å². The highest BCUT2D eigenvalue weighted by Crippen LogP contribution is 2.68. The molecule has 1 aromatic heterocycles. The minimum atomic E-state index is -0.567. The summed E-state index contributed by atoms with van der Waals surface area (Å²) in [6.45, 7) is 7.18. The quantitative estimate of drug-likeness (QED) is 0.786. The van der Waals surface area contributed by atoms with Crippen molar-refractivity contribution in [1.29, 1.82) is 0 Å². The zero-order chi connectivity index (χ0) is 22.0. The molecule has 31 heavy (non-hydrogen) atoms. The number of fused-ring (bicyclic) bond motifs is 5. The number of aliphatic hydroxyl groups is 1. The summed E-state index contributed by atoms with van der Waals surface area (Å²) in [5.41, 5.74) is -0.260. The van der Waals surface area contributed by atoms with E-state index in [1.807, 2.05) is 14.0 Å². The van der Waals surface area contributed by atoms with Crippen molar-refractivity contribution >= 4 is 5.78 Å². The average molecular weight is 430 g/mol. The second-order valence-electron chi connectivity index (χ2n) is 11.9. The molecule has 4 aliphatic rings. The van der Waals surface area contributed by atoms with Crippen molar-refractivity contribution in [1.82, 2.24) is 15.0 Å². The predicted octanol–water partition coefficient (Wildman–Crippen LogP) is 3.88. The van der Waals surface area contributed by atoms with Crippen LogP contribution in [0.25, 0.3) is 0 Å². The van der Waals surface area contributed by atoms with Crippen LogP contribution in [-0.4, -0.2) is 44.7 Å². The maximum atomic E-state index is 13.3. The number of ether oxygens (including phenoxy) is 1. The largest absolute Gasteiger partial charge is 0.390 e. The van der Waals surface area contributed by atoms with Gasteiger partial charge in [-0.2, -0.15) is 15.0 Å². The first-order chi connectivity index (χ1) is 14.7. The molecule has 0 aromatic carbocycles. The van der Waals surface area contributed by atoms with Crippen LogP contribution in [0.1, 0.15) is 72.1 Å². The standard InChI is InChI=1S/C25H39N3O3/c1-23(30)9-10-25(3)18-7-8-24(2)17(16(18)13-22(31-4)20(25)14-23)5-6-19(24)21(29)15-28-26-11-12-27-28/h11-12,16-20,22,30H,5-10,13-15H2,1-4H3/t16-,17-,18-,19+,20-,22+,23+,24-,25+/m0/s1. The zero-order valence-electron chi connectivity index (χ0n) is 19.6. The molecule has 4 saturated carbocycles. The van der Waals surface area contributed by atoms with Gasteiger partial charge in [-0.1, -0.05) is 13.8 Å².